The summed E-state index contributed by atoms with van der Waals surface area (Å²) in [4.78, 5) is 30.4. The molecule has 3 heterocycles. The number of amides is 2. The lowest BCUT2D eigenvalue weighted by Crippen LogP contribution is -2.57. The minimum absolute atomic E-state index is 0.147. The van der Waals surface area contributed by atoms with Gasteiger partial charge in [0, 0.05) is 32.1 Å². The van der Waals surface area contributed by atoms with Crippen LogP contribution in [0.2, 0.25) is 0 Å². The van der Waals surface area contributed by atoms with Crippen LogP contribution >= 0.6 is 0 Å². The molecule has 1 atom stereocenters. The topological polar surface area (TPSA) is 86.9 Å². The van der Waals surface area contributed by atoms with Crippen LogP contribution in [0.25, 0.3) is 5.65 Å². The molecule has 0 aliphatic carbocycles. The van der Waals surface area contributed by atoms with Gasteiger partial charge in [0.05, 0.1) is 0 Å². The first-order valence-electron chi connectivity index (χ1n) is 7.25. The van der Waals surface area contributed by atoms with Gasteiger partial charge in [0.25, 0.3) is 5.91 Å². The van der Waals surface area contributed by atoms with E-state index in [9.17, 15) is 9.59 Å². The largest absolute Gasteiger partial charge is 0.396 e. The number of aromatic nitrogens is 2. The van der Waals surface area contributed by atoms with Gasteiger partial charge in [-0.3, -0.25) is 9.59 Å². The average Bonchev–Trinajstić information content (AvgIpc) is 2.91. The number of hydrogen-bond acceptors (Lipinski definition) is 4. The molecule has 0 bridgehead atoms. The van der Waals surface area contributed by atoms with Gasteiger partial charge >= 0.3 is 0 Å². The molecule has 1 aliphatic heterocycles. The molecule has 22 heavy (non-hydrogen) atoms. The number of carbonyl (C=O) groups is 2. The summed E-state index contributed by atoms with van der Waals surface area (Å²) in [7, 11) is 0. The fourth-order valence-corrected chi connectivity index (χ4v) is 2.72. The molecule has 0 radical (unpaired) electrons. The Bertz CT molecular complexity index is 725. The molecule has 0 saturated carbocycles. The average molecular weight is 302 g/mol. The Balaban J connectivity index is 1.91. The van der Waals surface area contributed by atoms with Gasteiger partial charge in [-0.25, -0.2) is 4.98 Å². The van der Waals surface area contributed by atoms with Gasteiger partial charge in [0.15, 0.2) is 0 Å². The summed E-state index contributed by atoms with van der Waals surface area (Å²) in [6.07, 6.45) is 3.80. The molecular formula is C15H18N4O3. The maximum absolute atomic E-state index is 12.7. The van der Waals surface area contributed by atoms with Crippen molar-refractivity contribution in [1.29, 1.82) is 0 Å². The molecule has 1 aliphatic rings. The highest BCUT2D eigenvalue weighted by Crippen LogP contribution is 2.15. The zero-order valence-electron chi connectivity index (χ0n) is 12.3. The van der Waals surface area contributed by atoms with Crippen LogP contribution in [-0.2, 0) is 4.79 Å². The van der Waals surface area contributed by atoms with E-state index >= 15 is 0 Å². The third-order valence-corrected chi connectivity index (χ3v) is 3.81. The van der Waals surface area contributed by atoms with Crippen LogP contribution in [0, 0.1) is 6.92 Å². The van der Waals surface area contributed by atoms with Crippen molar-refractivity contribution in [3.63, 3.8) is 0 Å². The Hall–Kier alpha value is -2.41. The second kappa shape index (κ2) is 5.76. The summed E-state index contributed by atoms with van der Waals surface area (Å²) in [6.45, 7) is 2.65. The molecule has 3 rings (SSSR count). The fourth-order valence-electron chi connectivity index (χ4n) is 2.72. The summed E-state index contributed by atoms with van der Waals surface area (Å²) >= 11 is 0. The van der Waals surface area contributed by atoms with Crippen molar-refractivity contribution >= 4 is 17.5 Å². The highest BCUT2D eigenvalue weighted by molar-refractivity contribution is 5.97. The van der Waals surface area contributed by atoms with E-state index in [1.807, 2.05) is 25.3 Å². The van der Waals surface area contributed by atoms with Gasteiger partial charge in [-0.2, -0.15) is 0 Å². The third kappa shape index (κ3) is 2.55. The molecule has 1 saturated heterocycles. The van der Waals surface area contributed by atoms with E-state index < -0.39 is 6.04 Å². The molecule has 0 aromatic carbocycles. The quantitative estimate of drug-likeness (QED) is 0.833. The molecule has 2 amide bonds. The highest BCUT2D eigenvalue weighted by atomic mass is 16.3. The first-order chi connectivity index (χ1) is 10.6. The number of rotatable bonds is 3. The van der Waals surface area contributed by atoms with E-state index in [2.05, 4.69) is 10.3 Å². The number of carbonyl (C=O) groups excluding carboxylic acids is 2. The van der Waals surface area contributed by atoms with Crippen LogP contribution in [0.3, 0.4) is 0 Å². The minimum Gasteiger partial charge on any atom is -0.396 e. The number of pyridine rings is 1. The number of imidazole rings is 1. The minimum atomic E-state index is -0.641. The fraction of sp³-hybridized carbons (Fsp3) is 0.400. The zero-order chi connectivity index (χ0) is 15.7. The molecule has 2 aromatic rings. The van der Waals surface area contributed by atoms with E-state index in [0.29, 0.717) is 24.4 Å². The van der Waals surface area contributed by atoms with Gasteiger partial charge in [-0.15, -0.1) is 0 Å². The molecule has 1 fully saturated rings. The molecular weight excluding hydrogens is 284 g/mol. The summed E-state index contributed by atoms with van der Waals surface area (Å²) in [5, 5.41) is 11.8. The summed E-state index contributed by atoms with van der Waals surface area (Å²) in [5.41, 5.74) is 2.07. The molecule has 1 unspecified atom stereocenters. The Morgan fingerprint density at radius 1 is 1.45 bits per heavy atom. The van der Waals surface area contributed by atoms with Gasteiger partial charge in [-0.1, -0.05) is 6.07 Å². The van der Waals surface area contributed by atoms with E-state index in [0.717, 1.165) is 5.56 Å². The lowest BCUT2D eigenvalue weighted by atomic mass is 10.1. The zero-order valence-corrected chi connectivity index (χ0v) is 12.3. The number of nitrogens with one attached hydrogen (secondary N) is 1. The number of fused-ring (bicyclic) bond motifs is 1. The van der Waals surface area contributed by atoms with Gasteiger partial charge in [-0.05, 0) is 25.0 Å². The van der Waals surface area contributed by atoms with Crippen LogP contribution < -0.4 is 5.32 Å². The number of aliphatic hydroxyl groups excluding tert-OH is 1. The molecule has 7 heteroatoms. The Morgan fingerprint density at radius 3 is 3.05 bits per heavy atom. The van der Waals surface area contributed by atoms with Crippen molar-refractivity contribution in [1.82, 2.24) is 19.6 Å². The van der Waals surface area contributed by atoms with Crippen molar-refractivity contribution in [3.8, 4) is 0 Å². The van der Waals surface area contributed by atoms with Crippen LogP contribution in [0.4, 0.5) is 0 Å². The van der Waals surface area contributed by atoms with E-state index in [1.54, 1.807) is 10.6 Å². The summed E-state index contributed by atoms with van der Waals surface area (Å²) in [5.74, 6) is -0.511. The number of aryl methyl sites for hydroxylation is 1. The van der Waals surface area contributed by atoms with Crippen LogP contribution in [0.5, 0.6) is 0 Å². The highest BCUT2D eigenvalue weighted by Gasteiger charge is 2.33. The maximum Gasteiger partial charge on any atom is 0.274 e. The Labute approximate surface area is 127 Å². The van der Waals surface area contributed by atoms with Crippen molar-refractivity contribution in [2.24, 2.45) is 0 Å². The van der Waals surface area contributed by atoms with Gasteiger partial charge in [0.1, 0.15) is 17.4 Å². The van der Waals surface area contributed by atoms with Gasteiger partial charge < -0.3 is 19.7 Å². The standard InChI is InChI=1S/C15H18N4O3/c1-10-2-3-13-17-11(9-18(13)8-10)15(22)19-6-5-16-14(21)12(19)4-7-20/h2-3,8-9,12,20H,4-7H2,1H3,(H,16,21). The number of nitrogens with zero attached hydrogens (tertiary/aromatic N) is 3. The van der Waals surface area contributed by atoms with E-state index in [1.165, 1.54) is 4.90 Å². The summed E-state index contributed by atoms with van der Waals surface area (Å²) < 4.78 is 1.80. The van der Waals surface area contributed by atoms with Crippen LogP contribution in [-0.4, -0.2) is 56.9 Å². The SMILES string of the molecule is Cc1ccc2nc(C(=O)N3CCNC(=O)C3CCO)cn2c1. The maximum atomic E-state index is 12.7. The van der Waals surface area contributed by atoms with E-state index in [4.69, 9.17) is 5.11 Å². The monoisotopic (exact) mass is 302 g/mol. The van der Waals surface area contributed by atoms with Crippen molar-refractivity contribution in [2.45, 2.75) is 19.4 Å². The summed E-state index contributed by atoms with van der Waals surface area (Å²) in [6, 6.07) is 3.14. The number of hydrogen-bond donors (Lipinski definition) is 2. The predicted molar refractivity (Wildman–Crippen MR) is 79.5 cm³/mol. The lowest BCUT2D eigenvalue weighted by Gasteiger charge is -2.34. The first kappa shape index (κ1) is 14.5. The number of aliphatic hydroxyl groups is 1. The first-order valence-corrected chi connectivity index (χ1v) is 7.25. The van der Waals surface area contributed by atoms with E-state index in [-0.39, 0.29) is 24.8 Å². The molecule has 0 spiro atoms. The molecule has 2 aromatic heterocycles. The third-order valence-electron chi connectivity index (χ3n) is 3.81. The lowest BCUT2D eigenvalue weighted by molar-refractivity contribution is -0.128. The van der Waals surface area contributed by atoms with Crippen molar-refractivity contribution < 1.29 is 14.7 Å². The Morgan fingerprint density at radius 2 is 2.27 bits per heavy atom. The van der Waals surface area contributed by atoms with Crippen LogP contribution in [0.1, 0.15) is 22.5 Å². The van der Waals surface area contributed by atoms with Gasteiger partial charge in [0.2, 0.25) is 5.91 Å². The second-order valence-electron chi connectivity index (χ2n) is 5.42. The van der Waals surface area contributed by atoms with Crippen LogP contribution in [0.15, 0.2) is 24.5 Å². The Kier molecular flexibility index (Phi) is 3.81. The molecule has 116 valence electrons. The molecule has 7 nitrogen and oxygen atoms in total. The predicted octanol–water partition coefficient (Wildman–Crippen LogP) is -0.0343. The van der Waals surface area contributed by atoms with Crippen molar-refractivity contribution in [3.05, 3.63) is 35.8 Å². The second-order valence-corrected chi connectivity index (χ2v) is 5.42. The normalized spacial score (nSPS) is 18.5. The number of piperazine rings is 1. The molecule has 2 N–H and O–H groups in total. The smallest absolute Gasteiger partial charge is 0.274 e. The van der Waals surface area contributed by atoms with Crippen molar-refractivity contribution in [2.75, 3.05) is 19.7 Å².